The van der Waals surface area contributed by atoms with Crippen molar-refractivity contribution in [1.29, 1.82) is 0 Å². The Hall–Kier alpha value is -1.49. The molecule has 0 spiro atoms. The molecule has 2 heteroatoms. The average Bonchev–Trinajstić information content (AvgIpc) is 2.57. The van der Waals surface area contributed by atoms with Crippen LogP contribution in [0.15, 0.2) is 18.3 Å². The molecule has 0 bridgehead atoms. The van der Waals surface area contributed by atoms with Crippen molar-refractivity contribution in [2.24, 2.45) is 0 Å². The summed E-state index contributed by atoms with van der Waals surface area (Å²) in [5.74, 6) is 3.70. The molecular weight excluding hydrogens is 184 g/mol. The zero-order valence-corrected chi connectivity index (χ0v) is 8.95. The summed E-state index contributed by atoms with van der Waals surface area (Å²) in [6.07, 6.45) is 12.5. The topological polar surface area (TPSA) is 16.1 Å². The van der Waals surface area contributed by atoms with Crippen molar-refractivity contribution in [3.05, 3.63) is 23.9 Å². The summed E-state index contributed by atoms with van der Waals surface area (Å²) in [6, 6.07) is 3.86. The molecule has 2 nitrogen and oxygen atoms in total. The SMILES string of the molecule is C#Cc1cccnc1N1CCCCCC1. The van der Waals surface area contributed by atoms with Crippen LogP contribution < -0.4 is 4.90 Å². The highest BCUT2D eigenvalue weighted by molar-refractivity contribution is 5.54. The second kappa shape index (κ2) is 4.84. The Morgan fingerprint density at radius 3 is 2.60 bits per heavy atom. The summed E-state index contributed by atoms with van der Waals surface area (Å²) in [5.41, 5.74) is 0.916. The van der Waals surface area contributed by atoms with Crippen molar-refractivity contribution in [1.82, 2.24) is 4.98 Å². The third-order valence-electron chi connectivity index (χ3n) is 2.85. The molecule has 78 valence electrons. The lowest BCUT2D eigenvalue weighted by atomic mass is 10.2. The smallest absolute Gasteiger partial charge is 0.144 e. The van der Waals surface area contributed by atoms with E-state index in [0.29, 0.717) is 0 Å². The van der Waals surface area contributed by atoms with Gasteiger partial charge < -0.3 is 4.90 Å². The third-order valence-corrected chi connectivity index (χ3v) is 2.85. The lowest BCUT2D eigenvalue weighted by Gasteiger charge is -2.22. The lowest BCUT2D eigenvalue weighted by Crippen LogP contribution is -2.25. The largest absolute Gasteiger partial charge is 0.356 e. The molecule has 1 aliphatic heterocycles. The van der Waals surface area contributed by atoms with Crippen molar-refractivity contribution in [3.8, 4) is 12.3 Å². The van der Waals surface area contributed by atoms with Gasteiger partial charge in [0.2, 0.25) is 0 Å². The molecule has 0 aliphatic carbocycles. The van der Waals surface area contributed by atoms with Crippen molar-refractivity contribution >= 4 is 5.82 Å². The fraction of sp³-hybridized carbons (Fsp3) is 0.462. The normalized spacial score (nSPS) is 16.9. The predicted molar refractivity (Wildman–Crippen MR) is 62.9 cm³/mol. The Balaban J connectivity index is 2.23. The van der Waals surface area contributed by atoms with E-state index in [1.807, 2.05) is 18.3 Å². The number of terminal acetylenes is 1. The van der Waals surface area contributed by atoms with E-state index in [9.17, 15) is 0 Å². The number of pyridine rings is 1. The van der Waals surface area contributed by atoms with Crippen molar-refractivity contribution in [2.45, 2.75) is 25.7 Å². The van der Waals surface area contributed by atoms with E-state index in [0.717, 1.165) is 24.5 Å². The summed E-state index contributed by atoms with van der Waals surface area (Å²) in [7, 11) is 0. The minimum absolute atomic E-state index is 0.916. The number of hydrogen-bond donors (Lipinski definition) is 0. The van der Waals surface area contributed by atoms with Gasteiger partial charge in [-0.3, -0.25) is 0 Å². The molecule has 0 unspecified atom stereocenters. The van der Waals surface area contributed by atoms with Gasteiger partial charge in [-0.1, -0.05) is 18.8 Å². The van der Waals surface area contributed by atoms with E-state index >= 15 is 0 Å². The standard InChI is InChI=1S/C13H16N2/c1-2-12-8-7-9-14-13(12)15-10-5-3-4-6-11-15/h1,7-9H,3-6,10-11H2. The van der Waals surface area contributed by atoms with Crippen LogP contribution in [0.1, 0.15) is 31.2 Å². The Bertz CT molecular complexity index is 357. The number of rotatable bonds is 1. The Morgan fingerprint density at radius 2 is 1.93 bits per heavy atom. The number of aromatic nitrogens is 1. The highest BCUT2D eigenvalue weighted by Gasteiger charge is 2.13. The van der Waals surface area contributed by atoms with Gasteiger partial charge in [0.15, 0.2) is 0 Å². The Kier molecular flexibility index (Phi) is 3.24. The Morgan fingerprint density at radius 1 is 1.20 bits per heavy atom. The quantitative estimate of drug-likeness (QED) is 0.647. The molecule has 0 saturated carbocycles. The highest BCUT2D eigenvalue weighted by atomic mass is 15.2. The number of hydrogen-bond acceptors (Lipinski definition) is 2. The van der Waals surface area contributed by atoms with Crippen LogP contribution in [0.5, 0.6) is 0 Å². The zero-order chi connectivity index (χ0) is 10.5. The van der Waals surface area contributed by atoms with Gasteiger partial charge in [-0.05, 0) is 25.0 Å². The molecule has 1 saturated heterocycles. The van der Waals surface area contributed by atoms with Crippen LogP contribution in [-0.4, -0.2) is 18.1 Å². The second-order valence-corrected chi connectivity index (χ2v) is 3.92. The van der Waals surface area contributed by atoms with Crippen LogP contribution in [0.4, 0.5) is 5.82 Å². The molecule has 15 heavy (non-hydrogen) atoms. The van der Waals surface area contributed by atoms with Crippen molar-refractivity contribution < 1.29 is 0 Å². The summed E-state index contributed by atoms with van der Waals surface area (Å²) in [5, 5.41) is 0. The number of anilines is 1. The minimum Gasteiger partial charge on any atom is -0.356 e. The molecule has 0 N–H and O–H groups in total. The highest BCUT2D eigenvalue weighted by Crippen LogP contribution is 2.20. The Labute approximate surface area is 91.3 Å². The molecule has 1 aliphatic rings. The molecule has 2 heterocycles. The fourth-order valence-corrected chi connectivity index (χ4v) is 2.04. The maximum absolute atomic E-state index is 5.48. The van der Waals surface area contributed by atoms with Crippen LogP contribution in [0.25, 0.3) is 0 Å². The maximum Gasteiger partial charge on any atom is 0.144 e. The molecule has 1 aromatic heterocycles. The van der Waals surface area contributed by atoms with Crippen LogP contribution in [-0.2, 0) is 0 Å². The van der Waals surface area contributed by atoms with Gasteiger partial charge in [0.05, 0.1) is 5.56 Å². The molecule has 0 amide bonds. The van der Waals surface area contributed by atoms with Gasteiger partial charge in [-0.2, -0.15) is 0 Å². The fourth-order valence-electron chi connectivity index (χ4n) is 2.04. The van der Waals surface area contributed by atoms with E-state index in [1.54, 1.807) is 0 Å². The summed E-state index contributed by atoms with van der Waals surface area (Å²) >= 11 is 0. The first kappa shape index (κ1) is 10.0. The monoisotopic (exact) mass is 200 g/mol. The molecule has 0 aromatic carbocycles. The molecule has 0 radical (unpaired) electrons. The van der Waals surface area contributed by atoms with Gasteiger partial charge in [-0.15, -0.1) is 6.42 Å². The second-order valence-electron chi connectivity index (χ2n) is 3.92. The zero-order valence-electron chi connectivity index (χ0n) is 8.95. The van der Waals surface area contributed by atoms with E-state index in [-0.39, 0.29) is 0 Å². The van der Waals surface area contributed by atoms with Crippen LogP contribution >= 0.6 is 0 Å². The van der Waals surface area contributed by atoms with E-state index < -0.39 is 0 Å². The van der Waals surface area contributed by atoms with Crippen LogP contribution in [0.2, 0.25) is 0 Å². The van der Waals surface area contributed by atoms with Crippen molar-refractivity contribution in [2.75, 3.05) is 18.0 Å². The van der Waals surface area contributed by atoms with Gasteiger partial charge in [0, 0.05) is 19.3 Å². The van der Waals surface area contributed by atoms with Crippen molar-refractivity contribution in [3.63, 3.8) is 0 Å². The summed E-state index contributed by atoms with van der Waals surface area (Å²) in [4.78, 5) is 6.72. The first-order chi connectivity index (χ1) is 7.42. The van der Waals surface area contributed by atoms with E-state index in [4.69, 9.17) is 6.42 Å². The lowest BCUT2D eigenvalue weighted by molar-refractivity contribution is 0.726. The molecular formula is C13H16N2. The van der Waals surface area contributed by atoms with Gasteiger partial charge in [0.1, 0.15) is 5.82 Å². The average molecular weight is 200 g/mol. The van der Waals surface area contributed by atoms with E-state index in [1.165, 1.54) is 25.7 Å². The van der Waals surface area contributed by atoms with E-state index in [2.05, 4.69) is 15.8 Å². The summed E-state index contributed by atoms with van der Waals surface area (Å²) < 4.78 is 0. The summed E-state index contributed by atoms with van der Waals surface area (Å²) in [6.45, 7) is 2.18. The minimum atomic E-state index is 0.916. The van der Waals surface area contributed by atoms with Crippen LogP contribution in [0, 0.1) is 12.3 Å². The molecule has 1 fully saturated rings. The van der Waals surface area contributed by atoms with Gasteiger partial charge >= 0.3 is 0 Å². The first-order valence-corrected chi connectivity index (χ1v) is 5.58. The molecule has 2 rings (SSSR count). The predicted octanol–water partition coefficient (Wildman–Crippen LogP) is 2.44. The van der Waals surface area contributed by atoms with Gasteiger partial charge in [-0.25, -0.2) is 4.98 Å². The first-order valence-electron chi connectivity index (χ1n) is 5.58. The third kappa shape index (κ3) is 2.30. The van der Waals surface area contributed by atoms with Crippen LogP contribution in [0.3, 0.4) is 0 Å². The maximum atomic E-state index is 5.48. The number of nitrogens with zero attached hydrogens (tertiary/aromatic N) is 2. The molecule has 1 aromatic rings. The van der Waals surface area contributed by atoms with Gasteiger partial charge in [0.25, 0.3) is 0 Å². The molecule has 0 atom stereocenters.